The molecule has 0 unspecified atom stereocenters. The summed E-state index contributed by atoms with van der Waals surface area (Å²) in [5.41, 5.74) is 10.6. The fraction of sp³-hybridized carbons (Fsp3) is 0.200. The van der Waals surface area contributed by atoms with Crippen LogP contribution in [-0.2, 0) is 12.8 Å². The maximum absolute atomic E-state index is 13.8. The largest absolute Gasteiger partial charge is 0.399 e. The molecule has 0 atom stereocenters. The van der Waals surface area contributed by atoms with Gasteiger partial charge >= 0.3 is 0 Å². The van der Waals surface area contributed by atoms with Gasteiger partial charge in [0, 0.05) is 11.3 Å². The summed E-state index contributed by atoms with van der Waals surface area (Å²) in [6.07, 6.45) is 3.46. The molecule has 0 amide bonds. The number of rotatable bonds is 1. The van der Waals surface area contributed by atoms with Crippen LogP contribution < -0.4 is 5.73 Å². The smallest absolute Gasteiger partial charge is 0.131 e. The lowest BCUT2D eigenvalue weighted by atomic mass is 10.00. The molecule has 2 heteroatoms. The van der Waals surface area contributed by atoms with Crippen LogP contribution >= 0.6 is 0 Å². The lowest BCUT2D eigenvalue weighted by molar-refractivity contribution is 0.631. The summed E-state index contributed by atoms with van der Waals surface area (Å²) < 4.78 is 13.8. The molecule has 0 aliphatic heterocycles. The van der Waals surface area contributed by atoms with Crippen molar-refractivity contribution in [2.45, 2.75) is 19.3 Å². The number of halogens is 1. The van der Waals surface area contributed by atoms with Gasteiger partial charge in [0.05, 0.1) is 0 Å². The maximum atomic E-state index is 13.8. The Balaban J connectivity index is 2.12. The van der Waals surface area contributed by atoms with Crippen LogP contribution in [-0.4, -0.2) is 0 Å². The molecular formula is C15H14FN. The van der Waals surface area contributed by atoms with Crippen molar-refractivity contribution in [1.82, 2.24) is 0 Å². The van der Waals surface area contributed by atoms with Crippen LogP contribution in [0.3, 0.4) is 0 Å². The number of anilines is 1. The van der Waals surface area contributed by atoms with E-state index in [-0.39, 0.29) is 5.82 Å². The second kappa shape index (κ2) is 3.88. The molecule has 0 bridgehead atoms. The standard InChI is InChI=1S/C15H14FN/c16-15-7-6-13(17)9-14(15)12-5-4-10-2-1-3-11(10)8-12/h4-9H,1-3,17H2. The average molecular weight is 227 g/mol. The summed E-state index contributed by atoms with van der Waals surface area (Å²) in [6.45, 7) is 0. The van der Waals surface area contributed by atoms with Crippen molar-refractivity contribution in [2.75, 3.05) is 5.73 Å². The first kappa shape index (κ1) is 10.3. The Morgan fingerprint density at radius 2 is 1.76 bits per heavy atom. The van der Waals surface area contributed by atoms with Crippen LogP contribution in [0.1, 0.15) is 17.5 Å². The number of fused-ring (bicyclic) bond motifs is 1. The molecule has 0 spiro atoms. The minimum Gasteiger partial charge on any atom is -0.399 e. The second-order valence-electron chi connectivity index (χ2n) is 4.58. The van der Waals surface area contributed by atoms with Crippen LogP contribution in [0.25, 0.3) is 11.1 Å². The summed E-state index contributed by atoms with van der Waals surface area (Å²) in [6, 6.07) is 10.9. The Bertz CT molecular complexity index is 575. The van der Waals surface area contributed by atoms with E-state index in [1.165, 1.54) is 23.6 Å². The van der Waals surface area contributed by atoms with E-state index >= 15 is 0 Å². The quantitative estimate of drug-likeness (QED) is 0.740. The van der Waals surface area contributed by atoms with E-state index in [4.69, 9.17) is 5.73 Å². The first-order valence-electron chi connectivity index (χ1n) is 5.91. The summed E-state index contributed by atoms with van der Waals surface area (Å²) in [4.78, 5) is 0. The summed E-state index contributed by atoms with van der Waals surface area (Å²) in [5.74, 6) is -0.211. The SMILES string of the molecule is Nc1ccc(F)c(-c2ccc3c(c2)CCC3)c1. The minimum atomic E-state index is -0.211. The van der Waals surface area contributed by atoms with Crippen LogP contribution in [0.5, 0.6) is 0 Å². The Hall–Kier alpha value is -1.83. The zero-order valence-corrected chi connectivity index (χ0v) is 9.54. The molecule has 0 radical (unpaired) electrons. The minimum absolute atomic E-state index is 0.211. The van der Waals surface area contributed by atoms with Crippen molar-refractivity contribution in [3.63, 3.8) is 0 Å². The molecule has 1 aliphatic rings. The summed E-state index contributed by atoms with van der Waals surface area (Å²) in [5, 5.41) is 0. The van der Waals surface area contributed by atoms with E-state index in [0.717, 1.165) is 18.4 Å². The molecule has 2 aromatic carbocycles. The van der Waals surface area contributed by atoms with E-state index < -0.39 is 0 Å². The van der Waals surface area contributed by atoms with Gasteiger partial charge in [-0.15, -0.1) is 0 Å². The number of benzene rings is 2. The van der Waals surface area contributed by atoms with Crippen molar-refractivity contribution < 1.29 is 4.39 Å². The number of hydrogen-bond acceptors (Lipinski definition) is 1. The van der Waals surface area contributed by atoms with Gasteiger partial charge in [0.25, 0.3) is 0 Å². The highest BCUT2D eigenvalue weighted by Gasteiger charge is 2.13. The van der Waals surface area contributed by atoms with Gasteiger partial charge in [0.15, 0.2) is 0 Å². The van der Waals surface area contributed by atoms with Crippen LogP contribution in [0, 0.1) is 5.82 Å². The molecule has 0 fully saturated rings. The highest BCUT2D eigenvalue weighted by Crippen LogP contribution is 2.30. The zero-order valence-electron chi connectivity index (χ0n) is 9.54. The predicted octanol–water partition coefficient (Wildman–Crippen LogP) is 3.56. The molecule has 0 aromatic heterocycles. The Kier molecular flexibility index (Phi) is 2.36. The van der Waals surface area contributed by atoms with E-state index in [9.17, 15) is 4.39 Å². The van der Waals surface area contributed by atoms with Crippen molar-refractivity contribution in [2.24, 2.45) is 0 Å². The maximum Gasteiger partial charge on any atom is 0.131 e. The number of nitrogens with two attached hydrogens (primary N) is 1. The molecule has 2 N–H and O–H groups in total. The first-order valence-corrected chi connectivity index (χ1v) is 5.91. The van der Waals surface area contributed by atoms with E-state index in [1.807, 2.05) is 6.07 Å². The average Bonchev–Trinajstić information content (AvgIpc) is 2.79. The lowest BCUT2D eigenvalue weighted by Gasteiger charge is -2.07. The topological polar surface area (TPSA) is 26.0 Å². The fourth-order valence-electron chi connectivity index (χ4n) is 2.50. The molecule has 0 saturated carbocycles. The third-order valence-corrected chi connectivity index (χ3v) is 3.40. The molecule has 0 saturated heterocycles. The molecule has 86 valence electrons. The van der Waals surface area contributed by atoms with Gasteiger partial charge in [-0.25, -0.2) is 4.39 Å². The van der Waals surface area contributed by atoms with Crippen LogP contribution in [0.15, 0.2) is 36.4 Å². The molecule has 2 aromatic rings. The van der Waals surface area contributed by atoms with E-state index in [0.29, 0.717) is 11.3 Å². The van der Waals surface area contributed by atoms with E-state index in [2.05, 4.69) is 12.1 Å². The monoisotopic (exact) mass is 227 g/mol. The Morgan fingerprint density at radius 1 is 0.941 bits per heavy atom. The fourth-order valence-corrected chi connectivity index (χ4v) is 2.50. The van der Waals surface area contributed by atoms with Gasteiger partial charge in [-0.2, -0.15) is 0 Å². The van der Waals surface area contributed by atoms with Gasteiger partial charge in [0.2, 0.25) is 0 Å². The molecule has 1 nitrogen and oxygen atoms in total. The molecule has 0 heterocycles. The van der Waals surface area contributed by atoms with Gasteiger partial charge < -0.3 is 5.73 Å². The summed E-state index contributed by atoms with van der Waals surface area (Å²) >= 11 is 0. The third-order valence-electron chi connectivity index (χ3n) is 3.40. The Labute approximate surface area is 100 Å². The van der Waals surface area contributed by atoms with Crippen LogP contribution in [0.4, 0.5) is 10.1 Å². The number of nitrogen functional groups attached to an aromatic ring is 1. The van der Waals surface area contributed by atoms with E-state index in [1.54, 1.807) is 12.1 Å². The highest BCUT2D eigenvalue weighted by atomic mass is 19.1. The summed E-state index contributed by atoms with van der Waals surface area (Å²) in [7, 11) is 0. The zero-order chi connectivity index (χ0) is 11.8. The molecule has 1 aliphatic carbocycles. The number of hydrogen-bond donors (Lipinski definition) is 1. The first-order chi connectivity index (χ1) is 8.24. The van der Waals surface area contributed by atoms with Gasteiger partial charge in [-0.05, 0) is 54.2 Å². The van der Waals surface area contributed by atoms with Gasteiger partial charge in [0.1, 0.15) is 5.82 Å². The molecule has 3 rings (SSSR count). The highest BCUT2D eigenvalue weighted by molar-refractivity contribution is 5.69. The number of aryl methyl sites for hydroxylation is 2. The second-order valence-corrected chi connectivity index (χ2v) is 4.58. The van der Waals surface area contributed by atoms with Crippen molar-refractivity contribution >= 4 is 5.69 Å². The lowest BCUT2D eigenvalue weighted by Crippen LogP contribution is -1.91. The molecule has 17 heavy (non-hydrogen) atoms. The van der Waals surface area contributed by atoms with Gasteiger partial charge in [-0.3, -0.25) is 0 Å². The molecular weight excluding hydrogens is 213 g/mol. The van der Waals surface area contributed by atoms with Gasteiger partial charge in [-0.1, -0.05) is 18.2 Å². The van der Waals surface area contributed by atoms with Crippen molar-refractivity contribution in [3.8, 4) is 11.1 Å². The van der Waals surface area contributed by atoms with Crippen molar-refractivity contribution in [1.29, 1.82) is 0 Å². The Morgan fingerprint density at radius 3 is 2.65 bits per heavy atom. The normalized spacial score (nSPS) is 13.7. The third kappa shape index (κ3) is 1.80. The van der Waals surface area contributed by atoms with Crippen molar-refractivity contribution in [3.05, 3.63) is 53.3 Å². The van der Waals surface area contributed by atoms with Crippen LogP contribution in [0.2, 0.25) is 0 Å². The predicted molar refractivity (Wildman–Crippen MR) is 68.3 cm³/mol.